The van der Waals surface area contributed by atoms with Crippen LogP contribution in [0, 0.1) is 12.8 Å². The maximum atomic E-state index is 12.5. The van der Waals surface area contributed by atoms with Crippen LogP contribution in [0.25, 0.3) is 0 Å². The Hall–Kier alpha value is -1.51. The molecule has 1 saturated heterocycles. The number of aryl methyl sites for hydroxylation is 1. The van der Waals surface area contributed by atoms with Gasteiger partial charge >= 0.3 is 0 Å². The third-order valence-corrected chi connectivity index (χ3v) is 4.15. The second-order valence-electron chi connectivity index (χ2n) is 5.36. The number of amides is 1. The van der Waals surface area contributed by atoms with E-state index in [0.29, 0.717) is 6.04 Å². The highest BCUT2D eigenvalue weighted by Crippen LogP contribution is 2.38. The molecule has 0 aromatic heterocycles. The second kappa shape index (κ2) is 3.76. The molecule has 1 amide bonds. The summed E-state index contributed by atoms with van der Waals surface area (Å²) in [6.45, 7) is 2.91. The Morgan fingerprint density at radius 3 is 2.82 bits per heavy atom. The zero-order chi connectivity index (χ0) is 12.0. The Morgan fingerprint density at radius 2 is 2.24 bits per heavy atom. The van der Waals surface area contributed by atoms with Crippen molar-refractivity contribution in [2.24, 2.45) is 5.92 Å². The van der Waals surface area contributed by atoms with Crippen LogP contribution in [0.4, 0.5) is 5.69 Å². The first-order chi connectivity index (χ1) is 8.15. The monoisotopic (exact) mass is 230 g/mol. The van der Waals surface area contributed by atoms with Crippen molar-refractivity contribution in [3.05, 3.63) is 29.3 Å². The van der Waals surface area contributed by atoms with E-state index >= 15 is 0 Å². The molecule has 2 atom stereocenters. The number of nitrogens with two attached hydrogens (primary N) is 1. The lowest BCUT2D eigenvalue weighted by atomic mass is 10.0. The molecule has 3 rings (SSSR count). The van der Waals surface area contributed by atoms with E-state index in [-0.39, 0.29) is 5.91 Å². The number of nitrogens with zero attached hydrogens (tertiary/aromatic N) is 1. The minimum atomic E-state index is 0.190. The number of piperidine rings is 1. The van der Waals surface area contributed by atoms with Gasteiger partial charge in [-0.05, 0) is 55.9 Å². The molecule has 3 nitrogen and oxygen atoms in total. The molecule has 1 aliphatic heterocycles. The second-order valence-corrected chi connectivity index (χ2v) is 5.36. The molecule has 3 heteroatoms. The van der Waals surface area contributed by atoms with Gasteiger partial charge in [0.05, 0.1) is 0 Å². The number of likely N-dealkylation sites (tertiary alicyclic amines) is 1. The summed E-state index contributed by atoms with van der Waals surface area (Å²) in [7, 11) is 0. The van der Waals surface area contributed by atoms with Crippen LogP contribution >= 0.6 is 0 Å². The molecule has 2 aliphatic rings. The largest absolute Gasteiger partial charge is 0.399 e. The highest BCUT2D eigenvalue weighted by atomic mass is 16.2. The Kier molecular flexibility index (Phi) is 2.35. The molecule has 2 N–H and O–H groups in total. The molecule has 2 bridgehead atoms. The van der Waals surface area contributed by atoms with E-state index in [1.807, 2.05) is 25.1 Å². The molecular formula is C14H18N2O. The smallest absolute Gasteiger partial charge is 0.254 e. The van der Waals surface area contributed by atoms with Crippen molar-refractivity contribution in [2.45, 2.75) is 32.2 Å². The van der Waals surface area contributed by atoms with Gasteiger partial charge in [-0.1, -0.05) is 0 Å². The summed E-state index contributed by atoms with van der Waals surface area (Å²) in [6, 6.07) is 6.04. The number of carbonyl (C=O) groups is 1. The zero-order valence-electron chi connectivity index (χ0n) is 10.1. The summed E-state index contributed by atoms with van der Waals surface area (Å²) in [4.78, 5) is 14.5. The van der Waals surface area contributed by atoms with Gasteiger partial charge in [0.2, 0.25) is 0 Å². The first-order valence-electron chi connectivity index (χ1n) is 6.32. The molecule has 1 aromatic rings. The molecule has 0 radical (unpaired) electrons. The number of rotatable bonds is 1. The molecule has 0 spiro atoms. The van der Waals surface area contributed by atoms with Gasteiger partial charge in [-0.25, -0.2) is 0 Å². The predicted octanol–water partition coefficient (Wildman–Crippen LogP) is 2.20. The number of nitrogen functional groups attached to an aromatic ring is 1. The number of anilines is 1. The molecule has 1 aliphatic carbocycles. The third kappa shape index (κ3) is 1.70. The summed E-state index contributed by atoms with van der Waals surface area (Å²) in [5.41, 5.74) is 8.24. The van der Waals surface area contributed by atoms with Crippen molar-refractivity contribution in [2.75, 3.05) is 12.3 Å². The van der Waals surface area contributed by atoms with Crippen molar-refractivity contribution in [1.29, 1.82) is 0 Å². The summed E-state index contributed by atoms with van der Waals surface area (Å²) in [5.74, 6) is 0.938. The van der Waals surface area contributed by atoms with Gasteiger partial charge < -0.3 is 10.6 Å². The van der Waals surface area contributed by atoms with Crippen LogP contribution in [0.15, 0.2) is 18.2 Å². The Morgan fingerprint density at radius 1 is 1.41 bits per heavy atom. The molecule has 2 fully saturated rings. The molecule has 1 saturated carbocycles. The highest BCUT2D eigenvalue weighted by molar-refractivity contribution is 5.96. The lowest BCUT2D eigenvalue weighted by Gasteiger charge is -2.27. The number of benzene rings is 1. The first-order valence-corrected chi connectivity index (χ1v) is 6.32. The Balaban J connectivity index is 1.87. The maximum absolute atomic E-state index is 12.5. The molecule has 1 heterocycles. The standard InChI is InChI=1S/C14H18N2O/c1-9-6-11(15)3-5-13(9)14(17)16-8-10-2-4-12(16)7-10/h3,5-6,10,12H,2,4,7-8,15H2,1H3. The van der Waals surface area contributed by atoms with Gasteiger partial charge in [0, 0.05) is 23.8 Å². The SMILES string of the molecule is Cc1cc(N)ccc1C(=O)N1CC2CCC1C2. The predicted molar refractivity (Wildman–Crippen MR) is 67.8 cm³/mol. The van der Waals surface area contributed by atoms with Crippen LogP contribution in [0.1, 0.15) is 35.2 Å². The van der Waals surface area contributed by atoms with E-state index in [2.05, 4.69) is 4.90 Å². The van der Waals surface area contributed by atoms with E-state index in [1.165, 1.54) is 19.3 Å². The quantitative estimate of drug-likeness (QED) is 0.752. The summed E-state index contributed by atoms with van der Waals surface area (Å²) in [5, 5.41) is 0. The minimum Gasteiger partial charge on any atom is -0.399 e. The maximum Gasteiger partial charge on any atom is 0.254 e. The lowest BCUT2D eigenvalue weighted by molar-refractivity contribution is 0.0703. The number of hydrogen-bond acceptors (Lipinski definition) is 2. The lowest BCUT2D eigenvalue weighted by Crippen LogP contribution is -2.37. The van der Waals surface area contributed by atoms with Crippen molar-refractivity contribution < 1.29 is 4.79 Å². The van der Waals surface area contributed by atoms with Gasteiger partial charge in [0.15, 0.2) is 0 Å². The van der Waals surface area contributed by atoms with E-state index in [1.54, 1.807) is 0 Å². The van der Waals surface area contributed by atoms with E-state index in [9.17, 15) is 4.79 Å². The fourth-order valence-electron chi connectivity index (χ4n) is 3.25. The van der Waals surface area contributed by atoms with Crippen molar-refractivity contribution in [1.82, 2.24) is 4.90 Å². The van der Waals surface area contributed by atoms with Crippen LogP contribution in [-0.4, -0.2) is 23.4 Å². The minimum absolute atomic E-state index is 0.190. The molecular weight excluding hydrogens is 212 g/mol. The summed E-state index contributed by atoms with van der Waals surface area (Å²) >= 11 is 0. The average molecular weight is 230 g/mol. The summed E-state index contributed by atoms with van der Waals surface area (Å²) in [6.07, 6.45) is 3.69. The van der Waals surface area contributed by atoms with Crippen molar-refractivity contribution in [3.8, 4) is 0 Å². The highest BCUT2D eigenvalue weighted by Gasteiger charge is 2.40. The Bertz CT molecular complexity index is 469. The molecule has 2 unspecified atom stereocenters. The summed E-state index contributed by atoms with van der Waals surface area (Å²) < 4.78 is 0. The van der Waals surface area contributed by atoms with Crippen molar-refractivity contribution >= 4 is 11.6 Å². The third-order valence-electron chi connectivity index (χ3n) is 4.15. The fourth-order valence-corrected chi connectivity index (χ4v) is 3.25. The number of hydrogen-bond donors (Lipinski definition) is 1. The number of carbonyl (C=O) groups excluding carboxylic acids is 1. The molecule has 1 aromatic carbocycles. The normalized spacial score (nSPS) is 26.5. The average Bonchev–Trinajstić information content (AvgIpc) is 2.89. The van der Waals surface area contributed by atoms with Crippen molar-refractivity contribution in [3.63, 3.8) is 0 Å². The van der Waals surface area contributed by atoms with Gasteiger partial charge in [0.25, 0.3) is 5.91 Å². The van der Waals surface area contributed by atoms with Crippen LogP contribution < -0.4 is 5.73 Å². The molecule has 17 heavy (non-hydrogen) atoms. The van der Waals surface area contributed by atoms with Gasteiger partial charge in [0.1, 0.15) is 0 Å². The van der Waals surface area contributed by atoms with Crippen LogP contribution in [-0.2, 0) is 0 Å². The zero-order valence-corrected chi connectivity index (χ0v) is 10.1. The van der Waals surface area contributed by atoms with Gasteiger partial charge in [-0.3, -0.25) is 4.79 Å². The molecule has 90 valence electrons. The fraction of sp³-hybridized carbons (Fsp3) is 0.500. The van der Waals surface area contributed by atoms with Gasteiger partial charge in [-0.2, -0.15) is 0 Å². The van der Waals surface area contributed by atoms with E-state index < -0.39 is 0 Å². The van der Waals surface area contributed by atoms with Crippen LogP contribution in [0.3, 0.4) is 0 Å². The van der Waals surface area contributed by atoms with Crippen LogP contribution in [0.2, 0.25) is 0 Å². The van der Waals surface area contributed by atoms with E-state index in [4.69, 9.17) is 5.73 Å². The van der Waals surface area contributed by atoms with Gasteiger partial charge in [-0.15, -0.1) is 0 Å². The number of fused-ring (bicyclic) bond motifs is 2. The Labute approximate surface area is 102 Å². The van der Waals surface area contributed by atoms with Crippen LogP contribution in [0.5, 0.6) is 0 Å². The first kappa shape index (κ1) is 10.6. The van der Waals surface area contributed by atoms with E-state index in [0.717, 1.165) is 29.3 Å². The topological polar surface area (TPSA) is 46.3 Å².